The highest BCUT2D eigenvalue weighted by Crippen LogP contribution is 2.24. The van der Waals surface area contributed by atoms with Crippen LogP contribution in [0, 0.1) is 16.0 Å². The first-order valence-corrected chi connectivity index (χ1v) is 10.5. The first kappa shape index (κ1) is 21.5. The minimum absolute atomic E-state index is 0.0184. The van der Waals surface area contributed by atoms with E-state index in [1.54, 1.807) is 22.9 Å². The molecule has 0 aliphatic carbocycles. The summed E-state index contributed by atoms with van der Waals surface area (Å²) in [5.74, 6) is -0.592. The molecule has 0 radical (unpaired) electrons. The van der Waals surface area contributed by atoms with Crippen LogP contribution in [0.2, 0.25) is 0 Å². The van der Waals surface area contributed by atoms with Gasteiger partial charge in [0.05, 0.1) is 10.8 Å². The molecule has 1 aliphatic heterocycles. The number of carbonyl (C=O) groups is 2. The molecule has 1 saturated heterocycles. The largest absolute Gasteiger partial charge is 0.369 e. The number of primary amides is 1. The van der Waals surface area contributed by atoms with Gasteiger partial charge in [-0.3, -0.25) is 24.6 Å². The Bertz CT molecular complexity index is 1170. The molecule has 3 N–H and O–H groups in total. The van der Waals surface area contributed by atoms with Crippen LogP contribution < -0.4 is 11.1 Å². The Balaban J connectivity index is 1.44. The second kappa shape index (κ2) is 9.19. The number of nitro groups is 1. The Kier molecular flexibility index (Phi) is 6.18. The van der Waals surface area contributed by atoms with Gasteiger partial charge in [-0.2, -0.15) is 0 Å². The van der Waals surface area contributed by atoms with E-state index in [0.29, 0.717) is 18.5 Å². The zero-order chi connectivity index (χ0) is 22.7. The van der Waals surface area contributed by atoms with Gasteiger partial charge in [0, 0.05) is 48.0 Å². The minimum Gasteiger partial charge on any atom is -0.369 e. The number of non-ortho nitro benzene ring substituents is 1. The van der Waals surface area contributed by atoms with Gasteiger partial charge in [0.2, 0.25) is 11.8 Å². The number of hydrogen-bond acceptors (Lipinski definition) is 5. The number of hydrogen-bond donors (Lipinski definition) is 2. The number of benzene rings is 2. The van der Waals surface area contributed by atoms with Gasteiger partial charge in [0.25, 0.3) is 5.69 Å². The summed E-state index contributed by atoms with van der Waals surface area (Å²) in [5.41, 5.74) is 7.96. The number of anilines is 1. The van der Waals surface area contributed by atoms with E-state index in [-0.39, 0.29) is 30.0 Å². The number of likely N-dealkylation sites (tertiary alicyclic amines) is 1. The molecule has 166 valence electrons. The van der Waals surface area contributed by atoms with Crippen LogP contribution in [-0.2, 0) is 22.7 Å². The number of nitro benzene ring substituents is 1. The molecule has 1 atom stereocenters. The molecule has 1 fully saturated rings. The van der Waals surface area contributed by atoms with E-state index in [1.165, 1.54) is 12.1 Å². The predicted molar refractivity (Wildman–Crippen MR) is 121 cm³/mol. The van der Waals surface area contributed by atoms with Crippen molar-refractivity contribution >= 4 is 34.1 Å². The van der Waals surface area contributed by atoms with Crippen molar-refractivity contribution in [2.24, 2.45) is 11.7 Å². The van der Waals surface area contributed by atoms with Crippen molar-refractivity contribution in [3.63, 3.8) is 0 Å². The molecule has 0 saturated carbocycles. The standard InChI is InChI=1S/C23H25N5O4/c24-23(30)18-5-3-10-26(14-18)13-17-4-1-2-6-20(17)25-22(29)15-27-11-9-16-12-19(28(31)32)7-8-21(16)27/h1-2,4,6-9,11-12,18H,3,5,10,13-15H2,(H2,24,30)(H,25,29). The lowest BCUT2D eigenvalue weighted by Gasteiger charge is -2.31. The Morgan fingerprint density at radius 3 is 2.78 bits per heavy atom. The number of aromatic nitrogens is 1. The summed E-state index contributed by atoms with van der Waals surface area (Å²) in [6.07, 6.45) is 3.48. The fraction of sp³-hybridized carbons (Fsp3) is 0.304. The zero-order valence-corrected chi connectivity index (χ0v) is 17.6. The van der Waals surface area contributed by atoms with Crippen molar-refractivity contribution in [2.75, 3.05) is 18.4 Å². The molecular weight excluding hydrogens is 410 g/mol. The summed E-state index contributed by atoms with van der Waals surface area (Å²) >= 11 is 0. The van der Waals surface area contributed by atoms with Crippen molar-refractivity contribution in [1.29, 1.82) is 0 Å². The second-order valence-corrected chi connectivity index (χ2v) is 8.13. The Morgan fingerprint density at radius 1 is 1.19 bits per heavy atom. The highest BCUT2D eigenvalue weighted by molar-refractivity contribution is 5.93. The number of nitrogens with one attached hydrogen (secondary N) is 1. The summed E-state index contributed by atoms with van der Waals surface area (Å²) in [4.78, 5) is 37.1. The summed E-state index contributed by atoms with van der Waals surface area (Å²) in [6, 6.07) is 14.0. The van der Waals surface area contributed by atoms with Crippen LogP contribution in [0.5, 0.6) is 0 Å². The van der Waals surface area contributed by atoms with E-state index in [9.17, 15) is 19.7 Å². The zero-order valence-electron chi connectivity index (χ0n) is 17.6. The van der Waals surface area contributed by atoms with Crippen molar-refractivity contribution in [2.45, 2.75) is 25.9 Å². The Hall–Kier alpha value is -3.72. The number of rotatable bonds is 7. The predicted octanol–water partition coefficient (Wildman–Crippen LogP) is 2.89. The minimum atomic E-state index is -0.436. The van der Waals surface area contributed by atoms with Gasteiger partial charge in [-0.15, -0.1) is 0 Å². The fourth-order valence-corrected chi connectivity index (χ4v) is 4.24. The molecule has 0 spiro atoms. The van der Waals surface area contributed by atoms with Gasteiger partial charge in [0.1, 0.15) is 6.54 Å². The maximum absolute atomic E-state index is 12.8. The normalized spacial score (nSPS) is 16.7. The van der Waals surface area contributed by atoms with E-state index >= 15 is 0 Å². The van der Waals surface area contributed by atoms with Crippen LogP contribution in [0.3, 0.4) is 0 Å². The quantitative estimate of drug-likeness (QED) is 0.436. The number of piperidine rings is 1. The topological polar surface area (TPSA) is 124 Å². The van der Waals surface area contributed by atoms with Crippen LogP contribution in [0.1, 0.15) is 18.4 Å². The molecule has 1 aromatic heterocycles. The molecule has 1 unspecified atom stereocenters. The molecule has 3 aromatic rings. The van der Waals surface area contributed by atoms with E-state index in [4.69, 9.17) is 5.73 Å². The lowest BCUT2D eigenvalue weighted by molar-refractivity contribution is -0.384. The third kappa shape index (κ3) is 4.78. The first-order valence-electron chi connectivity index (χ1n) is 10.5. The highest BCUT2D eigenvalue weighted by Gasteiger charge is 2.24. The van der Waals surface area contributed by atoms with Gasteiger partial charge in [0.15, 0.2) is 0 Å². The molecule has 9 nitrogen and oxygen atoms in total. The summed E-state index contributed by atoms with van der Waals surface area (Å²) in [5, 5.41) is 14.7. The first-order chi connectivity index (χ1) is 15.4. The van der Waals surface area contributed by atoms with Crippen molar-refractivity contribution < 1.29 is 14.5 Å². The fourth-order valence-electron chi connectivity index (χ4n) is 4.24. The SMILES string of the molecule is NC(=O)C1CCCN(Cc2ccccc2NC(=O)Cn2ccc3cc([N+](=O)[O-])ccc32)C1. The summed E-state index contributed by atoms with van der Waals surface area (Å²) in [7, 11) is 0. The lowest BCUT2D eigenvalue weighted by atomic mass is 9.97. The van der Waals surface area contributed by atoms with E-state index in [1.807, 2.05) is 24.3 Å². The number of para-hydroxylation sites is 1. The number of carbonyl (C=O) groups excluding carboxylic acids is 2. The van der Waals surface area contributed by atoms with E-state index < -0.39 is 4.92 Å². The number of nitrogens with zero attached hydrogens (tertiary/aromatic N) is 3. The second-order valence-electron chi connectivity index (χ2n) is 8.13. The molecule has 2 aromatic carbocycles. The molecule has 9 heteroatoms. The highest BCUT2D eigenvalue weighted by atomic mass is 16.6. The van der Waals surface area contributed by atoms with E-state index in [2.05, 4.69) is 10.2 Å². The molecule has 1 aliphatic rings. The van der Waals surface area contributed by atoms with E-state index in [0.717, 1.165) is 36.2 Å². The van der Waals surface area contributed by atoms with Crippen LogP contribution >= 0.6 is 0 Å². The lowest BCUT2D eigenvalue weighted by Crippen LogP contribution is -2.40. The molecular formula is C23H25N5O4. The molecule has 4 rings (SSSR count). The average Bonchev–Trinajstić information content (AvgIpc) is 3.17. The van der Waals surface area contributed by atoms with Gasteiger partial charge in [-0.05, 0) is 43.1 Å². The number of amides is 2. The number of nitrogens with two attached hydrogens (primary N) is 1. The third-order valence-electron chi connectivity index (χ3n) is 5.87. The Labute approximate surface area is 184 Å². The van der Waals surface area contributed by atoms with Gasteiger partial charge < -0.3 is 15.6 Å². The third-order valence-corrected chi connectivity index (χ3v) is 5.87. The van der Waals surface area contributed by atoms with Crippen LogP contribution in [0.25, 0.3) is 10.9 Å². The monoisotopic (exact) mass is 435 g/mol. The molecule has 32 heavy (non-hydrogen) atoms. The van der Waals surface area contributed by atoms with Crippen LogP contribution in [0.4, 0.5) is 11.4 Å². The number of fused-ring (bicyclic) bond motifs is 1. The molecule has 2 heterocycles. The maximum atomic E-state index is 12.8. The summed E-state index contributed by atoms with van der Waals surface area (Å²) < 4.78 is 1.76. The van der Waals surface area contributed by atoms with Crippen molar-refractivity contribution in [3.8, 4) is 0 Å². The average molecular weight is 435 g/mol. The van der Waals surface area contributed by atoms with Gasteiger partial charge in [-0.25, -0.2) is 0 Å². The van der Waals surface area contributed by atoms with Gasteiger partial charge in [-0.1, -0.05) is 18.2 Å². The van der Waals surface area contributed by atoms with Gasteiger partial charge >= 0.3 is 0 Å². The Morgan fingerprint density at radius 2 is 2.00 bits per heavy atom. The molecule has 2 amide bonds. The van der Waals surface area contributed by atoms with Crippen molar-refractivity contribution in [1.82, 2.24) is 9.47 Å². The van der Waals surface area contributed by atoms with Crippen LogP contribution in [-0.4, -0.2) is 39.3 Å². The molecule has 0 bridgehead atoms. The smallest absolute Gasteiger partial charge is 0.270 e. The van der Waals surface area contributed by atoms with Crippen molar-refractivity contribution in [3.05, 3.63) is 70.4 Å². The maximum Gasteiger partial charge on any atom is 0.270 e. The summed E-state index contributed by atoms with van der Waals surface area (Å²) in [6.45, 7) is 2.21. The van der Waals surface area contributed by atoms with Crippen LogP contribution in [0.15, 0.2) is 54.7 Å².